The van der Waals surface area contributed by atoms with E-state index in [1.807, 2.05) is 0 Å². The summed E-state index contributed by atoms with van der Waals surface area (Å²) in [6, 6.07) is 8.10. The highest BCUT2D eigenvalue weighted by Crippen LogP contribution is 2.77. The number of ether oxygens (including phenoxy) is 2. The fourth-order valence-corrected chi connectivity index (χ4v) is 8.38. The lowest BCUT2D eigenvalue weighted by molar-refractivity contribution is -0.193. The molecule has 1 aromatic carbocycles. The molecular formula is C35H39F3N4O4. The van der Waals surface area contributed by atoms with E-state index in [0.29, 0.717) is 21.9 Å². The van der Waals surface area contributed by atoms with Gasteiger partial charge in [0.15, 0.2) is 0 Å². The van der Waals surface area contributed by atoms with E-state index in [1.165, 1.54) is 50.8 Å². The molecule has 2 bridgehead atoms. The summed E-state index contributed by atoms with van der Waals surface area (Å²) in [5, 5.41) is 0.754. The van der Waals surface area contributed by atoms with E-state index in [2.05, 4.69) is 45.3 Å². The van der Waals surface area contributed by atoms with Crippen molar-refractivity contribution in [1.29, 1.82) is 0 Å². The Morgan fingerprint density at radius 1 is 1.02 bits per heavy atom. The fourth-order valence-electron chi connectivity index (χ4n) is 8.38. The molecule has 1 saturated heterocycles. The van der Waals surface area contributed by atoms with E-state index >= 15 is 0 Å². The molecule has 3 aromatic rings. The van der Waals surface area contributed by atoms with Crippen LogP contribution in [0.25, 0.3) is 11.0 Å². The molecular weight excluding hydrogens is 597 g/mol. The van der Waals surface area contributed by atoms with Gasteiger partial charge in [-0.25, -0.2) is 14.6 Å². The van der Waals surface area contributed by atoms with Gasteiger partial charge in [0.2, 0.25) is 0 Å². The van der Waals surface area contributed by atoms with Crippen LogP contribution in [0.1, 0.15) is 69.7 Å². The largest absolute Gasteiger partial charge is 0.491 e. The van der Waals surface area contributed by atoms with Crippen LogP contribution in [0, 0.1) is 16.2 Å². The van der Waals surface area contributed by atoms with Gasteiger partial charge in [0.05, 0.1) is 6.20 Å². The quantitative estimate of drug-likeness (QED) is 0.164. The molecule has 0 amide bonds. The average Bonchev–Trinajstić information content (AvgIpc) is 3.44. The molecule has 1 aliphatic heterocycles. The number of hydrogen-bond donors (Lipinski definition) is 1. The number of aromatic nitrogens is 2. The predicted octanol–water partition coefficient (Wildman–Crippen LogP) is 7.42. The molecule has 244 valence electrons. The summed E-state index contributed by atoms with van der Waals surface area (Å²) in [5.41, 5.74) is 5.86. The van der Waals surface area contributed by atoms with Gasteiger partial charge in [-0.2, -0.15) is 13.2 Å². The minimum Gasteiger partial charge on any atom is -0.455 e. The fraction of sp³-hybridized carbons (Fsp3) is 0.514. The minimum absolute atomic E-state index is 0.0246. The van der Waals surface area contributed by atoms with E-state index in [4.69, 9.17) is 4.74 Å². The zero-order chi connectivity index (χ0) is 32.5. The molecule has 11 heteroatoms. The zero-order valence-corrected chi connectivity index (χ0v) is 26.4. The molecule has 1 N–H and O–H groups in total. The van der Waals surface area contributed by atoms with Gasteiger partial charge in [-0.05, 0) is 79.0 Å². The summed E-state index contributed by atoms with van der Waals surface area (Å²) < 4.78 is 48.7. The van der Waals surface area contributed by atoms with E-state index in [-0.39, 0.29) is 17.1 Å². The number of hydrogen-bond acceptors (Lipinski definition) is 7. The standard InChI is InChI=1S/C35H39F3N4O4/c1-32(2)8-6-23(27(16-32)34-19-33(3,20-34)21-34)18-41-10-12-42(13-11-41)24-4-5-26(30(43)46-31(44)35(36,37)38)28(15-24)45-25-14-22-7-9-39-29(22)40-17-25/h4-5,7,9,14-15,17H,6,8,10-13,16,18-21H2,1-3H3,(H,39,40). The lowest BCUT2D eigenvalue weighted by Crippen LogP contribution is -2.61. The Morgan fingerprint density at radius 2 is 1.76 bits per heavy atom. The highest BCUT2D eigenvalue weighted by atomic mass is 19.4. The first-order chi connectivity index (χ1) is 21.7. The molecule has 4 fully saturated rings. The van der Waals surface area contributed by atoms with Gasteiger partial charge in [0.1, 0.15) is 22.7 Å². The Morgan fingerprint density at radius 3 is 2.46 bits per heavy atom. The van der Waals surface area contributed by atoms with Crippen LogP contribution in [0.2, 0.25) is 0 Å². The first-order valence-electron chi connectivity index (χ1n) is 16.0. The van der Waals surface area contributed by atoms with Gasteiger partial charge in [0, 0.05) is 56.1 Å². The maximum Gasteiger partial charge on any atom is 0.491 e. The van der Waals surface area contributed by atoms with Crippen molar-refractivity contribution in [2.75, 3.05) is 37.6 Å². The van der Waals surface area contributed by atoms with Crippen molar-refractivity contribution in [1.82, 2.24) is 14.9 Å². The number of nitrogens with one attached hydrogen (secondary N) is 1. The Labute approximate surface area is 265 Å². The molecule has 3 heterocycles. The molecule has 3 saturated carbocycles. The van der Waals surface area contributed by atoms with Crippen LogP contribution < -0.4 is 9.64 Å². The number of carbonyl (C=O) groups is 2. The van der Waals surface area contributed by atoms with Crippen LogP contribution in [0.5, 0.6) is 11.5 Å². The first kappa shape index (κ1) is 30.8. The molecule has 8 rings (SSSR count). The third kappa shape index (κ3) is 5.78. The summed E-state index contributed by atoms with van der Waals surface area (Å²) in [7, 11) is 0. The van der Waals surface area contributed by atoms with Crippen molar-refractivity contribution < 1.29 is 32.2 Å². The SMILES string of the molecule is CC1(C)CCC(CN2CCN(c3ccc(C(=O)OC(=O)C(F)(F)F)c(Oc4cnc5[nH]ccc5c4)c3)CC2)=C(C23CC(C)(C2)C3)C1. The van der Waals surface area contributed by atoms with Crippen LogP contribution in [-0.4, -0.2) is 65.7 Å². The third-order valence-electron chi connectivity index (χ3n) is 10.5. The number of rotatable bonds is 7. The van der Waals surface area contributed by atoms with Crippen molar-refractivity contribution in [2.45, 2.75) is 65.5 Å². The Bertz CT molecular complexity index is 1710. The lowest BCUT2D eigenvalue weighted by Gasteiger charge is -2.72. The number of fused-ring (bicyclic) bond motifs is 1. The van der Waals surface area contributed by atoms with E-state index < -0.39 is 18.1 Å². The van der Waals surface area contributed by atoms with Crippen molar-refractivity contribution >= 4 is 28.7 Å². The first-order valence-corrected chi connectivity index (χ1v) is 16.0. The molecule has 0 radical (unpaired) electrons. The second-order valence-electron chi connectivity index (χ2n) is 14.9. The summed E-state index contributed by atoms with van der Waals surface area (Å²) in [6.07, 6.45) is 5.48. The Balaban J connectivity index is 1.08. The Kier molecular flexibility index (Phi) is 7.26. The average molecular weight is 637 g/mol. The van der Waals surface area contributed by atoms with Gasteiger partial charge < -0.3 is 19.4 Å². The number of H-pyrrole nitrogens is 1. The summed E-state index contributed by atoms with van der Waals surface area (Å²) in [5.74, 6) is -3.77. The van der Waals surface area contributed by atoms with Gasteiger partial charge >= 0.3 is 18.1 Å². The number of esters is 2. The van der Waals surface area contributed by atoms with E-state index in [0.717, 1.165) is 43.8 Å². The monoisotopic (exact) mass is 636 g/mol. The van der Waals surface area contributed by atoms with Crippen molar-refractivity contribution in [2.24, 2.45) is 16.2 Å². The van der Waals surface area contributed by atoms with Crippen LogP contribution in [0.15, 0.2) is 53.9 Å². The smallest absolute Gasteiger partial charge is 0.455 e. The van der Waals surface area contributed by atoms with E-state index in [1.54, 1.807) is 41.6 Å². The minimum atomic E-state index is -5.31. The molecule has 0 unspecified atom stereocenters. The van der Waals surface area contributed by atoms with Crippen molar-refractivity contribution in [3.63, 3.8) is 0 Å². The highest BCUT2D eigenvalue weighted by Gasteiger charge is 2.66. The van der Waals surface area contributed by atoms with Crippen LogP contribution in [0.4, 0.5) is 18.9 Å². The van der Waals surface area contributed by atoms with Gasteiger partial charge in [0.25, 0.3) is 0 Å². The number of anilines is 1. The predicted molar refractivity (Wildman–Crippen MR) is 167 cm³/mol. The number of piperazine rings is 1. The number of allylic oxidation sites excluding steroid dienone is 1. The number of alkyl halides is 3. The number of pyridine rings is 1. The third-order valence-corrected chi connectivity index (χ3v) is 10.5. The molecule has 0 spiro atoms. The maximum atomic E-state index is 12.8. The molecule has 46 heavy (non-hydrogen) atoms. The summed E-state index contributed by atoms with van der Waals surface area (Å²) in [6.45, 7) is 11.4. The molecule has 5 aliphatic rings. The molecule has 2 aromatic heterocycles. The van der Waals surface area contributed by atoms with Gasteiger partial charge in [-0.1, -0.05) is 31.9 Å². The second kappa shape index (κ2) is 10.9. The lowest BCUT2D eigenvalue weighted by atomic mass is 9.33. The molecule has 8 nitrogen and oxygen atoms in total. The number of carbonyl (C=O) groups excluding carboxylic acids is 2. The number of aromatic amines is 1. The van der Waals surface area contributed by atoms with Gasteiger partial charge in [-0.15, -0.1) is 0 Å². The van der Waals surface area contributed by atoms with Crippen molar-refractivity contribution in [3.05, 3.63) is 59.4 Å². The molecule has 0 atom stereocenters. The number of halogens is 3. The van der Waals surface area contributed by atoms with Crippen molar-refractivity contribution in [3.8, 4) is 11.5 Å². The number of nitrogens with zero attached hydrogens (tertiary/aromatic N) is 3. The summed E-state index contributed by atoms with van der Waals surface area (Å²) >= 11 is 0. The van der Waals surface area contributed by atoms with Crippen LogP contribution >= 0.6 is 0 Å². The summed E-state index contributed by atoms with van der Waals surface area (Å²) in [4.78, 5) is 36.1. The second-order valence-corrected chi connectivity index (χ2v) is 14.9. The molecule has 4 aliphatic carbocycles. The van der Waals surface area contributed by atoms with Crippen LogP contribution in [-0.2, 0) is 9.53 Å². The van der Waals surface area contributed by atoms with Crippen LogP contribution in [0.3, 0.4) is 0 Å². The maximum absolute atomic E-state index is 12.8. The normalized spacial score (nSPS) is 26.0. The Hall–Kier alpha value is -3.86. The zero-order valence-electron chi connectivity index (χ0n) is 26.4. The highest BCUT2D eigenvalue weighted by molar-refractivity contribution is 6.00. The van der Waals surface area contributed by atoms with E-state index in [9.17, 15) is 22.8 Å². The topological polar surface area (TPSA) is 87.8 Å². The number of benzene rings is 1. The van der Waals surface area contributed by atoms with Gasteiger partial charge in [-0.3, -0.25) is 4.90 Å².